The molecule has 0 aliphatic rings. The molecule has 0 aliphatic carbocycles. The van der Waals surface area contributed by atoms with Crippen LogP contribution in [0, 0.1) is 5.82 Å². The van der Waals surface area contributed by atoms with Gasteiger partial charge in [0, 0.05) is 17.2 Å². The van der Waals surface area contributed by atoms with Crippen molar-refractivity contribution in [2.45, 2.75) is 6.92 Å². The zero-order valence-electron chi connectivity index (χ0n) is 10.8. The number of hydrogen-bond donors (Lipinski definition) is 1. The average molecular weight is 338 g/mol. The number of nitrogens with zero attached hydrogens (tertiary/aromatic N) is 2. The molecule has 2 N–H and O–H groups in total. The van der Waals surface area contributed by atoms with Crippen LogP contribution in [0.3, 0.4) is 0 Å². The number of rotatable bonds is 3. The number of anilines is 2. The molecule has 0 spiro atoms. The second-order valence-corrected chi connectivity index (χ2v) is 5.00. The van der Waals surface area contributed by atoms with Gasteiger partial charge in [0.1, 0.15) is 11.6 Å². The van der Waals surface area contributed by atoms with Gasteiger partial charge in [-0.05, 0) is 41.1 Å². The molecule has 0 radical (unpaired) electrons. The van der Waals surface area contributed by atoms with Crippen LogP contribution < -0.4 is 10.6 Å². The smallest absolute Gasteiger partial charge is 0.262 e. The van der Waals surface area contributed by atoms with Crippen molar-refractivity contribution in [1.29, 1.82) is 0 Å². The van der Waals surface area contributed by atoms with Gasteiger partial charge in [0.05, 0.1) is 11.3 Å². The number of halogens is 2. The molecule has 0 saturated heterocycles. The molecule has 104 valence electrons. The van der Waals surface area contributed by atoms with Gasteiger partial charge < -0.3 is 10.6 Å². The molecule has 0 unspecified atom stereocenters. The lowest BCUT2D eigenvalue weighted by Crippen LogP contribution is -2.32. The monoisotopic (exact) mass is 337 g/mol. The van der Waals surface area contributed by atoms with Gasteiger partial charge >= 0.3 is 0 Å². The molecule has 20 heavy (non-hydrogen) atoms. The van der Waals surface area contributed by atoms with Crippen molar-refractivity contribution in [3.05, 3.63) is 52.4 Å². The lowest BCUT2D eigenvalue weighted by molar-refractivity contribution is 0.0988. The Hall–Kier alpha value is -1.95. The molecule has 2 rings (SSSR count). The first kappa shape index (κ1) is 14.5. The molecule has 0 aliphatic heterocycles. The highest BCUT2D eigenvalue weighted by Gasteiger charge is 2.21. The normalized spacial score (nSPS) is 10.3. The zero-order valence-corrected chi connectivity index (χ0v) is 12.4. The predicted molar refractivity (Wildman–Crippen MR) is 80.1 cm³/mol. The Bertz CT molecular complexity index is 648. The highest BCUT2D eigenvalue weighted by Crippen LogP contribution is 2.23. The summed E-state index contributed by atoms with van der Waals surface area (Å²) in [6.45, 7) is 2.09. The van der Waals surface area contributed by atoms with Crippen molar-refractivity contribution in [3.63, 3.8) is 0 Å². The van der Waals surface area contributed by atoms with Crippen LogP contribution in [0.15, 0.2) is 41.0 Å². The van der Waals surface area contributed by atoms with Crippen LogP contribution in [-0.2, 0) is 0 Å². The summed E-state index contributed by atoms with van der Waals surface area (Å²) in [7, 11) is 0. The Balaban J connectivity index is 2.45. The standard InChI is InChI=1S/C14H13BrFN3O/c1-2-19(12-6-4-3-5-11(12)16)14(20)10-7-9(15)8-18-13(10)17/h3-8H,2H2,1H3,(H2,17,18). The quantitative estimate of drug-likeness (QED) is 0.935. The summed E-state index contributed by atoms with van der Waals surface area (Å²) in [5.41, 5.74) is 6.19. The van der Waals surface area contributed by atoms with Gasteiger partial charge in [-0.2, -0.15) is 0 Å². The summed E-state index contributed by atoms with van der Waals surface area (Å²) < 4.78 is 14.5. The van der Waals surface area contributed by atoms with Crippen LogP contribution in [-0.4, -0.2) is 17.4 Å². The van der Waals surface area contributed by atoms with Crippen molar-refractivity contribution in [2.75, 3.05) is 17.2 Å². The highest BCUT2D eigenvalue weighted by atomic mass is 79.9. The van der Waals surface area contributed by atoms with E-state index in [1.54, 1.807) is 31.2 Å². The molecule has 0 bridgehead atoms. The van der Waals surface area contributed by atoms with Gasteiger partial charge in [-0.3, -0.25) is 4.79 Å². The summed E-state index contributed by atoms with van der Waals surface area (Å²) >= 11 is 3.24. The first-order valence-electron chi connectivity index (χ1n) is 6.02. The Morgan fingerprint density at radius 2 is 2.15 bits per heavy atom. The number of hydrogen-bond acceptors (Lipinski definition) is 3. The Kier molecular flexibility index (Phi) is 4.34. The predicted octanol–water partition coefficient (Wildman–Crippen LogP) is 3.23. The number of para-hydroxylation sites is 1. The summed E-state index contributed by atoms with van der Waals surface area (Å²) in [5, 5.41) is 0. The van der Waals surface area contributed by atoms with Crippen LogP contribution in [0.1, 0.15) is 17.3 Å². The van der Waals surface area contributed by atoms with Gasteiger partial charge in [0.25, 0.3) is 5.91 Å². The van der Waals surface area contributed by atoms with Crippen LogP contribution in [0.25, 0.3) is 0 Å². The van der Waals surface area contributed by atoms with Crippen LogP contribution >= 0.6 is 15.9 Å². The summed E-state index contributed by atoms with van der Waals surface area (Å²) in [6.07, 6.45) is 1.51. The number of nitrogens with two attached hydrogens (primary N) is 1. The first-order chi connectivity index (χ1) is 9.54. The van der Waals surface area contributed by atoms with Gasteiger partial charge in [0.15, 0.2) is 0 Å². The number of carbonyl (C=O) groups excluding carboxylic acids is 1. The van der Waals surface area contributed by atoms with Gasteiger partial charge in [-0.1, -0.05) is 12.1 Å². The van der Waals surface area contributed by atoms with Crippen LogP contribution in [0.5, 0.6) is 0 Å². The number of aromatic nitrogens is 1. The van der Waals surface area contributed by atoms with E-state index in [0.29, 0.717) is 11.0 Å². The molecule has 6 heteroatoms. The molecule has 0 saturated carbocycles. The number of carbonyl (C=O) groups is 1. The summed E-state index contributed by atoms with van der Waals surface area (Å²) in [4.78, 5) is 17.8. The van der Waals surface area contributed by atoms with Crippen molar-refractivity contribution < 1.29 is 9.18 Å². The number of benzene rings is 1. The molecule has 1 aromatic carbocycles. The van der Waals surface area contributed by atoms with Crippen molar-refractivity contribution in [2.24, 2.45) is 0 Å². The SMILES string of the molecule is CCN(C(=O)c1cc(Br)cnc1N)c1ccccc1F. The third-order valence-corrected chi connectivity index (χ3v) is 3.25. The largest absolute Gasteiger partial charge is 0.383 e. The van der Waals surface area contributed by atoms with Crippen molar-refractivity contribution in [3.8, 4) is 0 Å². The van der Waals surface area contributed by atoms with Crippen molar-refractivity contribution in [1.82, 2.24) is 4.98 Å². The van der Waals surface area contributed by atoms with Gasteiger partial charge in [-0.25, -0.2) is 9.37 Å². The van der Waals surface area contributed by atoms with E-state index >= 15 is 0 Å². The van der Waals surface area contributed by atoms with Gasteiger partial charge in [-0.15, -0.1) is 0 Å². The maximum absolute atomic E-state index is 13.8. The van der Waals surface area contributed by atoms with E-state index in [1.165, 1.54) is 17.2 Å². The topological polar surface area (TPSA) is 59.2 Å². The number of amides is 1. The molecule has 1 amide bonds. The summed E-state index contributed by atoms with van der Waals surface area (Å²) in [5.74, 6) is -0.721. The van der Waals surface area contributed by atoms with E-state index < -0.39 is 5.82 Å². The molecular formula is C14H13BrFN3O. The molecule has 0 atom stereocenters. The number of pyridine rings is 1. The van der Waals surface area contributed by atoms with Crippen LogP contribution in [0.2, 0.25) is 0 Å². The Morgan fingerprint density at radius 3 is 2.80 bits per heavy atom. The fourth-order valence-corrected chi connectivity index (χ4v) is 2.19. The lowest BCUT2D eigenvalue weighted by Gasteiger charge is -2.22. The minimum absolute atomic E-state index is 0.119. The zero-order chi connectivity index (χ0) is 14.7. The Labute approximate surface area is 124 Å². The van der Waals surface area contributed by atoms with Crippen molar-refractivity contribution >= 4 is 33.3 Å². The maximum Gasteiger partial charge on any atom is 0.262 e. The van der Waals surface area contributed by atoms with Crippen LogP contribution in [0.4, 0.5) is 15.9 Å². The van der Waals surface area contributed by atoms with E-state index in [2.05, 4.69) is 20.9 Å². The van der Waals surface area contributed by atoms with E-state index in [4.69, 9.17) is 5.73 Å². The second-order valence-electron chi connectivity index (χ2n) is 4.09. The van der Waals surface area contributed by atoms with E-state index in [9.17, 15) is 9.18 Å². The van der Waals surface area contributed by atoms with E-state index in [0.717, 1.165) is 0 Å². The number of nitrogen functional groups attached to an aromatic ring is 1. The summed E-state index contributed by atoms with van der Waals surface area (Å²) in [6, 6.07) is 7.70. The fraction of sp³-hybridized carbons (Fsp3) is 0.143. The van der Waals surface area contributed by atoms with Gasteiger partial charge in [0.2, 0.25) is 0 Å². The third-order valence-electron chi connectivity index (χ3n) is 2.82. The second kappa shape index (κ2) is 6.00. The minimum atomic E-state index is -0.454. The molecular weight excluding hydrogens is 325 g/mol. The maximum atomic E-state index is 13.8. The molecule has 4 nitrogen and oxygen atoms in total. The highest BCUT2D eigenvalue weighted by molar-refractivity contribution is 9.10. The molecule has 0 fully saturated rings. The van der Waals surface area contributed by atoms with E-state index in [-0.39, 0.29) is 23.0 Å². The molecule has 2 aromatic rings. The minimum Gasteiger partial charge on any atom is -0.383 e. The lowest BCUT2D eigenvalue weighted by atomic mass is 10.2. The van der Waals surface area contributed by atoms with E-state index in [1.807, 2.05) is 0 Å². The first-order valence-corrected chi connectivity index (χ1v) is 6.81. The molecule has 1 aromatic heterocycles. The Morgan fingerprint density at radius 1 is 1.45 bits per heavy atom. The fourth-order valence-electron chi connectivity index (χ4n) is 1.86. The average Bonchev–Trinajstić information content (AvgIpc) is 2.44. The molecule has 1 heterocycles. The third kappa shape index (κ3) is 2.80.